The van der Waals surface area contributed by atoms with Crippen LogP contribution in [0.1, 0.15) is 31.9 Å². The van der Waals surface area contributed by atoms with E-state index in [0.29, 0.717) is 6.10 Å². The first-order chi connectivity index (χ1) is 9.40. The molecule has 1 fully saturated rings. The van der Waals surface area contributed by atoms with E-state index >= 15 is 0 Å². The summed E-state index contributed by atoms with van der Waals surface area (Å²) in [4.78, 5) is 4.15. The van der Waals surface area contributed by atoms with E-state index in [0.717, 1.165) is 52.3 Å². The lowest BCUT2D eigenvalue weighted by Gasteiger charge is -2.10. The maximum absolute atomic E-state index is 5.62. The quantitative estimate of drug-likeness (QED) is 0.690. The predicted molar refractivity (Wildman–Crippen MR) is 74.0 cm³/mol. The van der Waals surface area contributed by atoms with Gasteiger partial charge < -0.3 is 19.4 Å². The number of aromatic nitrogens is 2. The van der Waals surface area contributed by atoms with Crippen LogP contribution in [-0.2, 0) is 22.6 Å². The zero-order chi connectivity index (χ0) is 13.3. The Kier molecular flexibility index (Phi) is 6.33. The third-order valence-corrected chi connectivity index (χ3v) is 3.42. The van der Waals surface area contributed by atoms with Crippen molar-refractivity contribution in [1.29, 1.82) is 0 Å². The lowest BCUT2D eigenvalue weighted by Crippen LogP contribution is -2.20. The summed E-state index contributed by atoms with van der Waals surface area (Å²) in [5, 5.41) is 3.42. The maximum Gasteiger partial charge on any atom is 0.0948 e. The number of nitrogens with one attached hydrogen (secondary N) is 1. The summed E-state index contributed by atoms with van der Waals surface area (Å²) in [6.45, 7) is 7.41. The number of rotatable bonds is 9. The summed E-state index contributed by atoms with van der Waals surface area (Å²) >= 11 is 0. The molecule has 0 aromatic carbocycles. The smallest absolute Gasteiger partial charge is 0.0948 e. The number of imidazole rings is 1. The Balaban J connectivity index is 1.46. The summed E-state index contributed by atoms with van der Waals surface area (Å²) < 4.78 is 13.3. The molecule has 1 aromatic rings. The van der Waals surface area contributed by atoms with Crippen LogP contribution in [0.3, 0.4) is 0 Å². The van der Waals surface area contributed by atoms with Crippen molar-refractivity contribution >= 4 is 0 Å². The molecule has 1 saturated heterocycles. The highest BCUT2D eigenvalue weighted by Crippen LogP contribution is 2.11. The first kappa shape index (κ1) is 14.5. The molecule has 1 aliphatic heterocycles. The normalized spacial score (nSPS) is 19.1. The molecule has 1 atom stereocenters. The Hall–Kier alpha value is -0.910. The van der Waals surface area contributed by atoms with Gasteiger partial charge in [0, 0.05) is 32.5 Å². The van der Waals surface area contributed by atoms with E-state index in [1.807, 2.05) is 12.5 Å². The predicted octanol–water partition coefficient (Wildman–Crippen LogP) is 1.58. The van der Waals surface area contributed by atoms with Crippen LogP contribution < -0.4 is 5.32 Å². The average Bonchev–Trinajstić information content (AvgIpc) is 3.08. The number of hydrogen-bond acceptors (Lipinski definition) is 4. The molecule has 1 aromatic heterocycles. The van der Waals surface area contributed by atoms with Crippen molar-refractivity contribution in [1.82, 2.24) is 14.9 Å². The van der Waals surface area contributed by atoms with Crippen molar-refractivity contribution in [3.63, 3.8) is 0 Å². The van der Waals surface area contributed by atoms with Crippen LogP contribution in [0.2, 0.25) is 0 Å². The molecule has 19 heavy (non-hydrogen) atoms. The van der Waals surface area contributed by atoms with Crippen molar-refractivity contribution in [3.8, 4) is 0 Å². The van der Waals surface area contributed by atoms with Crippen molar-refractivity contribution < 1.29 is 9.47 Å². The zero-order valence-corrected chi connectivity index (χ0v) is 11.8. The number of aryl methyl sites for hydroxylation is 1. The highest BCUT2D eigenvalue weighted by Gasteiger charge is 2.14. The van der Waals surface area contributed by atoms with Gasteiger partial charge in [0.15, 0.2) is 0 Å². The van der Waals surface area contributed by atoms with Crippen molar-refractivity contribution in [2.75, 3.05) is 26.4 Å². The minimum atomic E-state index is 0.340. The van der Waals surface area contributed by atoms with Crippen LogP contribution in [0.25, 0.3) is 0 Å². The van der Waals surface area contributed by atoms with E-state index in [4.69, 9.17) is 9.47 Å². The zero-order valence-electron chi connectivity index (χ0n) is 11.8. The van der Waals surface area contributed by atoms with Crippen LogP contribution in [0.4, 0.5) is 0 Å². The summed E-state index contributed by atoms with van der Waals surface area (Å²) in [5.74, 6) is 0. The molecule has 0 aliphatic carbocycles. The van der Waals surface area contributed by atoms with Crippen LogP contribution >= 0.6 is 0 Å². The van der Waals surface area contributed by atoms with E-state index in [2.05, 4.69) is 21.8 Å². The third kappa shape index (κ3) is 4.93. The van der Waals surface area contributed by atoms with Gasteiger partial charge in [-0.05, 0) is 32.7 Å². The van der Waals surface area contributed by atoms with Gasteiger partial charge in [0.05, 0.1) is 24.7 Å². The Labute approximate surface area is 115 Å². The second-order valence-electron chi connectivity index (χ2n) is 4.91. The summed E-state index contributed by atoms with van der Waals surface area (Å²) in [6.07, 6.45) is 7.51. The maximum atomic E-state index is 5.62. The molecule has 1 unspecified atom stereocenters. The number of ether oxygens (including phenoxy) is 2. The molecule has 108 valence electrons. The second-order valence-corrected chi connectivity index (χ2v) is 4.91. The average molecular weight is 267 g/mol. The molecule has 0 amide bonds. The van der Waals surface area contributed by atoms with Crippen molar-refractivity contribution in [3.05, 3.63) is 18.2 Å². The molecule has 0 radical (unpaired) electrons. The second kappa shape index (κ2) is 8.30. The topological polar surface area (TPSA) is 48.3 Å². The fraction of sp³-hybridized carbons (Fsp3) is 0.786. The van der Waals surface area contributed by atoms with E-state index in [-0.39, 0.29) is 0 Å². The van der Waals surface area contributed by atoms with Gasteiger partial charge in [-0.1, -0.05) is 0 Å². The molecule has 5 heteroatoms. The Morgan fingerprint density at radius 3 is 3.32 bits per heavy atom. The largest absolute Gasteiger partial charge is 0.379 e. The van der Waals surface area contributed by atoms with E-state index < -0.39 is 0 Å². The van der Waals surface area contributed by atoms with Gasteiger partial charge in [-0.2, -0.15) is 0 Å². The molecule has 1 aliphatic rings. The van der Waals surface area contributed by atoms with E-state index in [9.17, 15) is 0 Å². The Morgan fingerprint density at radius 2 is 2.53 bits per heavy atom. The summed E-state index contributed by atoms with van der Waals surface area (Å²) in [7, 11) is 0. The van der Waals surface area contributed by atoms with Gasteiger partial charge in [0.25, 0.3) is 0 Å². The fourth-order valence-electron chi connectivity index (χ4n) is 2.29. The standard InChI is InChI=1S/C14H25N3O2/c1-2-17-12-16-10-13(17)9-15-6-4-7-18-11-14-5-3-8-19-14/h10,12,14-15H,2-9,11H2,1H3. The highest BCUT2D eigenvalue weighted by atomic mass is 16.5. The molecule has 0 saturated carbocycles. The molecule has 0 bridgehead atoms. The number of nitrogens with zero attached hydrogens (tertiary/aromatic N) is 2. The molecule has 0 spiro atoms. The van der Waals surface area contributed by atoms with Gasteiger partial charge in [0.2, 0.25) is 0 Å². The molecule has 5 nitrogen and oxygen atoms in total. The van der Waals surface area contributed by atoms with E-state index in [1.165, 1.54) is 12.1 Å². The van der Waals surface area contributed by atoms with Gasteiger partial charge in [-0.3, -0.25) is 0 Å². The van der Waals surface area contributed by atoms with Gasteiger partial charge in [-0.25, -0.2) is 4.98 Å². The molecular formula is C14H25N3O2. The van der Waals surface area contributed by atoms with Gasteiger partial charge >= 0.3 is 0 Å². The summed E-state index contributed by atoms with van der Waals surface area (Å²) in [5.41, 5.74) is 1.24. The monoisotopic (exact) mass is 267 g/mol. The first-order valence-electron chi connectivity index (χ1n) is 7.29. The van der Waals surface area contributed by atoms with Crippen LogP contribution in [0, 0.1) is 0 Å². The summed E-state index contributed by atoms with van der Waals surface area (Å²) in [6, 6.07) is 0. The SMILES string of the molecule is CCn1cncc1CNCCCOCC1CCCO1. The Morgan fingerprint density at radius 1 is 1.58 bits per heavy atom. The van der Waals surface area contributed by atoms with Crippen LogP contribution in [0.5, 0.6) is 0 Å². The van der Waals surface area contributed by atoms with Crippen LogP contribution in [0.15, 0.2) is 12.5 Å². The molecular weight excluding hydrogens is 242 g/mol. The van der Waals surface area contributed by atoms with Gasteiger partial charge in [0.1, 0.15) is 0 Å². The third-order valence-electron chi connectivity index (χ3n) is 3.42. The van der Waals surface area contributed by atoms with E-state index in [1.54, 1.807) is 0 Å². The molecule has 2 rings (SSSR count). The minimum Gasteiger partial charge on any atom is -0.379 e. The van der Waals surface area contributed by atoms with Gasteiger partial charge in [-0.15, -0.1) is 0 Å². The molecule has 1 N–H and O–H groups in total. The fourth-order valence-corrected chi connectivity index (χ4v) is 2.29. The van der Waals surface area contributed by atoms with Crippen molar-refractivity contribution in [2.24, 2.45) is 0 Å². The highest BCUT2D eigenvalue weighted by molar-refractivity contribution is 4.97. The first-order valence-corrected chi connectivity index (χ1v) is 7.29. The Bertz CT molecular complexity index is 348. The lowest BCUT2D eigenvalue weighted by molar-refractivity contribution is 0.0166. The van der Waals surface area contributed by atoms with Crippen LogP contribution in [-0.4, -0.2) is 42.0 Å². The molecule has 2 heterocycles. The van der Waals surface area contributed by atoms with Crippen molar-refractivity contribution in [2.45, 2.75) is 45.4 Å². The minimum absolute atomic E-state index is 0.340. The lowest BCUT2D eigenvalue weighted by atomic mass is 10.2. The number of hydrogen-bond donors (Lipinski definition) is 1.